The van der Waals surface area contributed by atoms with Crippen LogP contribution in [0.15, 0.2) is 24.3 Å². The van der Waals surface area contributed by atoms with Crippen molar-refractivity contribution in [3.63, 3.8) is 0 Å². The van der Waals surface area contributed by atoms with Crippen molar-refractivity contribution < 1.29 is 4.79 Å². The van der Waals surface area contributed by atoms with E-state index in [1.807, 2.05) is 12.1 Å². The van der Waals surface area contributed by atoms with Crippen molar-refractivity contribution in [1.29, 1.82) is 0 Å². The van der Waals surface area contributed by atoms with Crippen LogP contribution in [-0.2, 0) is 0 Å². The molecule has 15 heavy (non-hydrogen) atoms. The quantitative estimate of drug-likeness (QED) is 0.563. The molecule has 2 rings (SSSR count). The Bertz CT molecular complexity index is 386. The largest absolute Gasteiger partial charge is 0.294 e. The van der Waals surface area contributed by atoms with Crippen LogP contribution in [0.3, 0.4) is 0 Å². The summed E-state index contributed by atoms with van der Waals surface area (Å²) in [4.78, 5) is 11.9. The molecule has 1 fully saturated rings. The topological polar surface area (TPSA) is 17.1 Å². The van der Waals surface area contributed by atoms with E-state index in [9.17, 15) is 4.79 Å². The molecule has 0 heterocycles. The summed E-state index contributed by atoms with van der Waals surface area (Å²) < 4.78 is 0. The zero-order valence-electron chi connectivity index (χ0n) is 9.71. The molecule has 0 spiro atoms. The Morgan fingerprint density at radius 1 is 1.27 bits per heavy atom. The Balaban J connectivity index is 2.29. The molecular formula is C13H18OSi. The molecule has 1 aromatic rings. The van der Waals surface area contributed by atoms with E-state index in [1.165, 1.54) is 5.19 Å². The second-order valence-electron chi connectivity index (χ2n) is 5.47. The van der Waals surface area contributed by atoms with Gasteiger partial charge in [0.15, 0.2) is 5.78 Å². The molecule has 0 aliphatic heterocycles. The molecule has 0 radical (unpaired) electrons. The number of carbonyl (C=O) groups excluding carboxylic acids is 1. The van der Waals surface area contributed by atoms with Gasteiger partial charge < -0.3 is 0 Å². The highest BCUT2D eigenvalue weighted by molar-refractivity contribution is 6.88. The van der Waals surface area contributed by atoms with Crippen LogP contribution < -0.4 is 5.19 Å². The van der Waals surface area contributed by atoms with Crippen molar-refractivity contribution in [2.24, 2.45) is 5.92 Å². The molecule has 0 unspecified atom stereocenters. The van der Waals surface area contributed by atoms with Gasteiger partial charge >= 0.3 is 0 Å². The highest BCUT2D eigenvalue weighted by Gasteiger charge is 2.30. The molecule has 0 amide bonds. The Morgan fingerprint density at radius 3 is 2.47 bits per heavy atom. The van der Waals surface area contributed by atoms with Gasteiger partial charge in [-0.25, -0.2) is 0 Å². The molecule has 1 nitrogen and oxygen atoms in total. The minimum Gasteiger partial charge on any atom is -0.294 e. The number of Topliss-reactive ketones (excluding diaryl/α,β-unsaturated/α-hetero) is 1. The van der Waals surface area contributed by atoms with Gasteiger partial charge in [-0.05, 0) is 12.8 Å². The average molecular weight is 218 g/mol. The fraction of sp³-hybridized carbons (Fsp3) is 0.462. The van der Waals surface area contributed by atoms with Gasteiger partial charge in [-0.2, -0.15) is 0 Å². The first-order valence-electron chi connectivity index (χ1n) is 5.63. The van der Waals surface area contributed by atoms with Gasteiger partial charge in [0.1, 0.15) is 0 Å². The standard InChI is InChI=1S/C13H18OSi/c1-15(2,3)12-6-4-5-11(9-12)13(14)10-7-8-10/h4-6,9-10H,7-8H2,1-3H3. The number of ketones is 1. The van der Waals surface area contributed by atoms with Crippen LogP contribution >= 0.6 is 0 Å². The van der Waals surface area contributed by atoms with Crippen LogP contribution in [0.4, 0.5) is 0 Å². The fourth-order valence-electron chi connectivity index (χ4n) is 1.72. The first-order chi connectivity index (χ1) is 6.98. The minimum atomic E-state index is -1.28. The van der Waals surface area contributed by atoms with Crippen LogP contribution in [0, 0.1) is 5.92 Å². The molecule has 0 N–H and O–H groups in total. The van der Waals surface area contributed by atoms with Crippen LogP contribution in [0.25, 0.3) is 0 Å². The van der Waals surface area contributed by atoms with Crippen molar-refractivity contribution in [1.82, 2.24) is 0 Å². The predicted octanol–water partition coefficient (Wildman–Crippen LogP) is 2.82. The molecule has 1 aliphatic carbocycles. The number of hydrogen-bond acceptors (Lipinski definition) is 1. The molecule has 1 aromatic carbocycles. The third kappa shape index (κ3) is 2.37. The van der Waals surface area contributed by atoms with Gasteiger partial charge in [0.25, 0.3) is 0 Å². The average Bonchev–Trinajstić information content (AvgIpc) is 2.99. The molecule has 2 heteroatoms. The van der Waals surface area contributed by atoms with E-state index in [1.54, 1.807) is 0 Å². The molecule has 0 saturated heterocycles. The lowest BCUT2D eigenvalue weighted by molar-refractivity contribution is 0.0968. The van der Waals surface area contributed by atoms with Crippen LogP contribution in [0.2, 0.25) is 19.6 Å². The van der Waals surface area contributed by atoms with Gasteiger partial charge in [0.05, 0.1) is 8.07 Å². The summed E-state index contributed by atoms with van der Waals surface area (Å²) in [5.74, 6) is 0.692. The molecule has 0 bridgehead atoms. The predicted molar refractivity (Wildman–Crippen MR) is 66.5 cm³/mol. The van der Waals surface area contributed by atoms with Crippen molar-refractivity contribution in [2.75, 3.05) is 0 Å². The van der Waals surface area contributed by atoms with Gasteiger partial charge in [0, 0.05) is 11.5 Å². The Kier molecular flexibility index (Phi) is 2.55. The molecule has 0 atom stereocenters. The SMILES string of the molecule is C[Si](C)(C)c1cccc(C(=O)C2CC2)c1. The maximum atomic E-state index is 11.9. The van der Waals surface area contributed by atoms with Gasteiger partial charge in [-0.15, -0.1) is 0 Å². The molecule has 1 aliphatic rings. The zero-order chi connectivity index (χ0) is 11.1. The third-order valence-corrected chi connectivity index (χ3v) is 5.00. The monoisotopic (exact) mass is 218 g/mol. The maximum Gasteiger partial charge on any atom is 0.165 e. The van der Waals surface area contributed by atoms with Gasteiger partial charge in [0.2, 0.25) is 0 Å². The third-order valence-electron chi connectivity index (χ3n) is 2.96. The number of benzene rings is 1. The highest BCUT2D eigenvalue weighted by atomic mass is 28.3. The lowest BCUT2D eigenvalue weighted by Crippen LogP contribution is -2.37. The van der Waals surface area contributed by atoms with Gasteiger partial charge in [-0.1, -0.05) is 49.1 Å². The number of rotatable bonds is 3. The van der Waals surface area contributed by atoms with Crippen molar-refractivity contribution in [3.05, 3.63) is 29.8 Å². The summed E-state index contributed by atoms with van der Waals surface area (Å²) in [7, 11) is -1.28. The Morgan fingerprint density at radius 2 is 1.93 bits per heavy atom. The van der Waals surface area contributed by atoms with Gasteiger partial charge in [-0.3, -0.25) is 4.79 Å². The van der Waals surface area contributed by atoms with Crippen LogP contribution in [0.5, 0.6) is 0 Å². The minimum absolute atomic E-state index is 0.335. The summed E-state index contributed by atoms with van der Waals surface area (Å²) in [5, 5.41) is 1.38. The van der Waals surface area contributed by atoms with E-state index in [4.69, 9.17) is 0 Å². The lowest BCUT2D eigenvalue weighted by Gasteiger charge is -2.17. The summed E-state index contributed by atoms with van der Waals surface area (Å²) in [6.07, 6.45) is 2.19. The smallest absolute Gasteiger partial charge is 0.165 e. The van der Waals surface area contributed by atoms with Crippen molar-refractivity contribution in [2.45, 2.75) is 32.5 Å². The lowest BCUT2D eigenvalue weighted by atomic mass is 10.1. The first-order valence-corrected chi connectivity index (χ1v) is 9.13. The molecule has 80 valence electrons. The van der Waals surface area contributed by atoms with Crippen LogP contribution in [0.1, 0.15) is 23.2 Å². The van der Waals surface area contributed by atoms with E-state index < -0.39 is 8.07 Å². The maximum absolute atomic E-state index is 11.9. The number of hydrogen-bond donors (Lipinski definition) is 0. The summed E-state index contributed by atoms with van der Waals surface area (Å²) >= 11 is 0. The first kappa shape index (κ1) is 10.6. The van der Waals surface area contributed by atoms with Crippen LogP contribution in [-0.4, -0.2) is 13.9 Å². The Labute approximate surface area is 92.5 Å². The normalized spacial score (nSPS) is 16.5. The summed E-state index contributed by atoms with van der Waals surface area (Å²) in [6, 6.07) is 8.27. The summed E-state index contributed by atoms with van der Waals surface area (Å²) in [6.45, 7) is 6.94. The van der Waals surface area contributed by atoms with Crippen molar-refractivity contribution >= 4 is 19.0 Å². The molecular weight excluding hydrogens is 200 g/mol. The number of carbonyl (C=O) groups is 1. The van der Waals surface area contributed by atoms with E-state index >= 15 is 0 Å². The molecule has 1 saturated carbocycles. The van der Waals surface area contributed by atoms with E-state index in [2.05, 4.69) is 31.8 Å². The Hall–Kier alpha value is -0.893. The van der Waals surface area contributed by atoms with E-state index in [-0.39, 0.29) is 0 Å². The second-order valence-corrected chi connectivity index (χ2v) is 10.5. The fourth-order valence-corrected chi connectivity index (χ4v) is 2.90. The second kappa shape index (κ2) is 3.60. The van der Waals surface area contributed by atoms with Crippen molar-refractivity contribution in [3.8, 4) is 0 Å². The van der Waals surface area contributed by atoms with E-state index in [0.29, 0.717) is 11.7 Å². The molecule has 0 aromatic heterocycles. The highest BCUT2D eigenvalue weighted by Crippen LogP contribution is 2.32. The summed E-state index contributed by atoms with van der Waals surface area (Å²) in [5.41, 5.74) is 0.928. The zero-order valence-corrected chi connectivity index (χ0v) is 10.7. The van der Waals surface area contributed by atoms with E-state index in [0.717, 1.165) is 18.4 Å².